The summed E-state index contributed by atoms with van der Waals surface area (Å²) in [5.41, 5.74) is 5.88. The second-order valence-electron chi connectivity index (χ2n) is 3.88. The van der Waals surface area contributed by atoms with E-state index in [9.17, 15) is 0 Å². The molecule has 3 N–H and O–H groups in total. The standard InChI is InChI=1S/C9H16ClN5/c1-7-5-14(3-2-12-7)15-6-8(10)13-4-9(15)11/h4,7,12H,2-3,5-6,11H2,1H3/t7-/m0/s1. The predicted octanol–water partition coefficient (Wildman–Crippen LogP) is -0.0944. The Morgan fingerprint density at radius 3 is 3.20 bits per heavy atom. The summed E-state index contributed by atoms with van der Waals surface area (Å²) in [6.07, 6.45) is 1.61. The molecule has 2 rings (SSSR count). The van der Waals surface area contributed by atoms with E-state index < -0.39 is 0 Å². The predicted molar refractivity (Wildman–Crippen MR) is 61.3 cm³/mol. The van der Waals surface area contributed by atoms with E-state index >= 15 is 0 Å². The first-order valence-corrected chi connectivity index (χ1v) is 5.48. The first kappa shape index (κ1) is 10.7. The zero-order valence-electron chi connectivity index (χ0n) is 8.78. The van der Waals surface area contributed by atoms with E-state index in [-0.39, 0.29) is 0 Å². The van der Waals surface area contributed by atoms with Gasteiger partial charge in [0.25, 0.3) is 0 Å². The van der Waals surface area contributed by atoms with Crippen molar-refractivity contribution in [3.05, 3.63) is 12.0 Å². The number of piperazine rings is 1. The molecule has 0 aromatic rings. The van der Waals surface area contributed by atoms with Crippen LogP contribution in [0.5, 0.6) is 0 Å². The molecule has 0 radical (unpaired) electrons. The summed E-state index contributed by atoms with van der Waals surface area (Å²) >= 11 is 5.90. The van der Waals surface area contributed by atoms with E-state index in [0.29, 0.717) is 23.6 Å². The summed E-state index contributed by atoms with van der Waals surface area (Å²) in [7, 11) is 0. The summed E-state index contributed by atoms with van der Waals surface area (Å²) < 4.78 is 0. The SMILES string of the molecule is C[C@H]1CN(N2CC(Cl)=NC=C2N)CCN1. The van der Waals surface area contributed by atoms with Gasteiger partial charge in [-0.25, -0.2) is 10.0 Å². The van der Waals surface area contributed by atoms with Gasteiger partial charge in [0.15, 0.2) is 0 Å². The van der Waals surface area contributed by atoms with Crippen LogP contribution in [-0.2, 0) is 0 Å². The molecule has 0 spiro atoms. The molecule has 1 fully saturated rings. The summed E-state index contributed by atoms with van der Waals surface area (Å²) in [4.78, 5) is 3.99. The van der Waals surface area contributed by atoms with E-state index in [4.69, 9.17) is 17.3 Å². The molecule has 2 aliphatic rings. The second-order valence-corrected chi connectivity index (χ2v) is 4.32. The van der Waals surface area contributed by atoms with Gasteiger partial charge in [0.05, 0.1) is 12.7 Å². The van der Waals surface area contributed by atoms with Crippen LogP contribution in [-0.4, -0.2) is 47.4 Å². The summed E-state index contributed by atoms with van der Waals surface area (Å²) in [6, 6.07) is 0.476. The van der Waals surface area contributed by atoms with Gasteiger partial charge in [-0.1, -0.05) is 11.6 Å². The van der Waals surface area contributed by atoms with E-state index in [1.165, 1.54) is 0 Å². The summed E-state index contributed by atoms with van der Waals surface area (Å²) in [5.74, 6) is 0.661. The lowest BCUT2D eigenvalue weighted by Crippen LogP contribution is -2.57. The number of hydrazine groups is 1. The molecule has 0 aromatic carbocycles. The molecule has 0 saturated carbocycles. The van der Waals surface area contributed by atoms with Gasteiger partial charge >= 0.3 is 0 Å². The van der Waals surface area contributed by atoms with Crippen molar-refractivity contribution in [3.63, 3.8) is 0 Å². The lowest BCUT2D eigenvalue weighted by Gasteiger charge is -2.41. The van der Waals surface area contributed by atoms with Gasteiger partial charge < -0.3 is 11.1 Å². The third-order valence-corrected chi connectivity index (χ3v) is 2.82. The van der Waals surface area contributed by atoms with Crippen LogP contribution >= 0.6 is 11.6 Å². The Morgan fingerprint density at radius 2 is 2.47 bits per heavy atom. The molecule has 0 aromatic heterocycles. The average Bonchev–Trinajstić information content (AvgIpc) is 2.22. The smallest absolute Gasteiger partial charge is 0.133 e. The fraction of sp³-hybridized carbons (Fsp3) is 0.667. The van der Waals surface area contributed by atoms with Crippen molar-refractivity contribution in [1.82, 2.24) is 15.3 Å². The van der Waals surface area contributed by atoms with Gasteiger partial charge in [-0.05, 0) is 6.92 Å². The number of nitrogens with zero attached hydrogens (tertiary/aromatic N) is 3. The highest BCUT2D eigenvalue weighted by Gasteiger charge is 2.24. The van der Waals surface area contributed by atoms with Gasteiger partial charge in [-0.15, -0.1) is 0 Å². The highest BCUT2D eigenvalue weighted by Crippen LogP contribution is 2.13. The van der Waals surface area contributed by atoms with Crippen LogP contribution in [0.4, 0.5) is 0 Å². The zero-order valence-corrected chi connectivity index (χ0v) is 9.54. The number of rotatable bonds is 1. The topological polar surface area (TPSA) is 56.9 Å². The second kappa shape index (κ2) is 4.38. The van der Waals surface area contributed by atoms with Gasteiger partial charge in [0.1, 0.15) is 11.0 Å². The minimum Gasteiger partial charge on any atom is -0.383 e. The number of aliphatic imine (C=N–C) groups is 1. The Kier molecular flexibility index (Phi) is 3.14. The van der Waals surface area contributed by atoms with E-state index in [0.717, 1.165) is 19.6 Å². The van der Waals surface area contributed by atoms with Gasteiger partial charge in [-0.2, -0.15) is 0 Å². The first-order valence-electron chi connectivity index (χ1n) is 5.10. The molecule has 0 unspecified atom stereocenters. The van der Waals surface area contributed by atoms with Crippen LogP contribution in [0.1, 0.15) is 6.92 Å². The van der Waals surface area contributed by atoms with Crippen LogP contribution in [0.2, 0.25) is 0 Å². The molecule has 0 amide bonds. The van der Waals surface area contributed by atoms with Gasteiger partial charge in [-0.3, -0.25) is 5.01 Å². The maximum Gasteiger partial charge on any atom is 0.133 e. The van der Waals surface area contributed by atoms with Crippen LogP contribution < -0.4 is 11.1 Å². The van der Waals surface area contributed by atoms with E-state index in [1.54, 1.807) is 6.20 Å². The quantitative estimate of drug-likeness (QED) is 0.660. The van der Waals surface area contributed by atoms with Crippen molar-refractivity contribution in [3.8, 4) is 0 Å². The maximum absolute atomic E-state index is 5.90. The van der Waals surface area contributed by atoms with E-state index in [1.807, 2.05) is 5.01 Å². The molecule has 6 heteroatoms. The van der Waals surface area contributed by atoms with Gasteiger partial charge in [0.2, 0.25) is 0 Å². The molecule has 84 valence electrons. The molecule has 15 heavy (non-hydrogen) atoms. The molecule has 0 aliphatic carbocycles. The number of halogens is 1. The number of nitrogens with two attached hydrogens (primary N) is 1. The molecular formula is C9H16ClN5. The highest BCUT2D eigenvalue weighted by molar-refractivity contribution is 6.66. The van der Waals surface area contributed by atoms with Gasteiger partial charge in [0, 0.05) is 25.7 Å². The Labute approximate surface area is 94.5 Å². The maximum atomic E-state index is 5.90. The third kappa shape index (κ3) is 2.42. The lowest BCUT2D eigenvalue weighted by molar-refractivity contribution is -0.00319. The Hall–Kier alpha value is -0.780. The fourth-order valence-corrected chi connectivity index (χ4v) is 2.02. The van der Waals surface area contributed by atoms with Crippen molar-refractivity contribution in [2.75, 3.05) is 26.2 Å². The van der Waals surface area contributed by atoms with Crippen LogP contribution in [0, 0.1) is 0 Å². The monoisotopic (exact) mass is 229 g/mol. The van der Waals surface area contributed by atoms with E-state index in [2.05, 4.69) is 22.2 Å². The molecule has 2 aliphatic heterocycles. The number of nitrogens with one attached hydrogen (secondary N) is 1. The summed E-state index contributed by atoms with van der Waals surface area (Å²) in [6.45, 7) is 5.60. The van der Waals surface area contributed by atoms with Crippen LogP contribution in [0.3, 0.4) is 0 Å². The van der Waals surface area contributed by atoms with Crippen molar-refractivity contribution in [2.45, 2.75) is 13.0 Å². The molecule has 1 saturated heterocycles. The molecule has 1 atom stereocenters. The number of hydrogen-bond acceptors (Lipinski definition) is 5. The Bertz CT molecular complexity index is 301. The minimum atomic E-state index is 0.476. The minimum absolute atomic E-state index is 0.476. The molecular weight excluding hydrogens is 214 g/mol. The molecule has 0 bridgehead atoms. The lowest BCUT2D eigenvalue weighted by atomic mass is 10.2. The zero-order chi connectivity index (χ0) is 10.8. The van der Waals surface area contributed by atoms with Crippen LogP contribution in [0.25, 0.3) is 0 Å². The average molecular weight is 230 g/mol. The van der Waals surface area contributed by atoms with Crippen molar-refractivity contribution >= 4 is 16.8 Å². The Balaban J connectivity index is 2.04. The normalized spacial score (nSPS) is 28.7. The Morgan fingerprint density at radius 1 is 1.67 bits per heavy atom. The van der Waals surface area contributed by atoms with Crippen LogP contribution in [0.15, 0.2) is 17.0 Å². The van der Waals surface area contributed by atoms with Crippen molar-refractivity contribution < 1.29 is 0 Å². The fourth-order valence-electron chi connectivity index (χ4n) is 1.85. The largest absolute Gasteiger partial charge is 0.383 e. The van der Waals surface area contributed by atoms with Crippen molar-refractivity contribution in [2.24, 2.45) is 10.7 Å². The summed E-state index contributed by atoms with van der Waals surface area (Å²) in [5, 5.41) is 8.17. The first-order chi connectivity index (χ1) is 7.16. The third-order valence-electron chi connectivity index (χ3n) is 2.60. The molecule has 5 nitrogen and oxygen atoms in total. The highest BCUT2D eigenvalue weighted by atomic mass is 35.5. The molecule has 2 heterocycles. The van der Waals surface area contributed by atoms with Crippen molar-refractivity contribution in [1.29, 1.82) is 0 Å². The number of hydrogen-bond donors (Lipinski definition) is 2.